The van der Waals surface area contributed by atoms with Crippen LogP contribution in [0.15, 0.2) is 96.2 Å². The molecule has 5 rings (SSSR count). The minimum atomic E-state index is 0.239. The first-order chi connectivity index (χ1) is 17.3. The van der Waals surface area contributed by atoms with E-state index in [1.54, 1.807) is 11.8 Å². The Hall–Kier alpha value is -3.31. The number of unbranched alkanes of at least 4 members (excludes halogenated alkanes) is 1. The van der Waals surface area contributed by atoms with E-state index in [9.17, 15) is 4.79 Å². The normalized spacial score (nSPS) is 13.4. The highest BCUT2D eigenvalue weighted by Crippen LogP contribution is 2.38. The molecule has 35 heavy (non-hydrogen) atoms. The predicted octanol–water partition coefficient (Wildman–Crippen LogP) is 6.99. The molecule has 1 aliphatic rings. The summed E-state index contributed by atoms with van der Waals surface area (Å²) in [6, 6.07) is 31.4. The summed E-state index contributed by atoms with van der Waals surface area (Å²) in [4.78, 5) is 17.2. The predicted molar refractivity (Wildman–Crippen MR) is 145 cm³/mol. The number of hydrogen-bond donors (Lipinski definition) is 1. The average Bonchev–Trinajstić information content (AvgIpc) is 3.26. The van der Waals surface area contributed by atoms with Crippen molar-refractivity contribution < 1.29 is 4.79 Å². The zero-order valence-corrected chi connectivity index (χ0v) is 20.7. The van der Waals surface area contributed by atoms with E-state index >= 15 is 0 Å². The van der Waals surface area contributed by atoms with Crippen LogP contribution in [0.25, 0.3) is 28.2 Å². The fraction of sp³-hybridized carbons (Fsp3) is 0.267. The van der Waals surface area contributed by atoms with Crippen LogP contribution in [0.4, 0.5) is 0 Å². The number of hydrogen-bond acceptors (Lipinski definition) is 3. The standard InChI is InChI=1S/C30H31N3OS/c34-29(25-17-12-18-25)31-21-10-11-22-35-30-32-27(23-13-4-1-5-14-23)28(24-15-6-2-7-16-24)33(30)26-19-8-3-9-20-26/h1-9,13-16,19-20,25H,10-12,17-18,21-22H2,(H,31,34). The maximum atomic E-state index is 12.1. The topological polar surface area (TPSA) is 46.9 Å². The largest absolute Gasteiger partial charge is 0.356 e. The first kappa shape index (κ1) is 23.4. The maximum absolute atomic E-state index is 12.1. The number of para-hydroxylation sites is 1. The van der Waals surface area contributed by atoms with Gasteiger partial charge in [-0.2, -0.15) is 0 Å². The molecule has 0 radical (unpaired) electrons. The van der Waals surface area contributed by atoms with Gasteiger partial charge in [0.15, 0.2) is 5.16 Å². The molecule has 0 bridgehead atoms. The molecule has 5 heteroatoms. The molecule has 178 valence electrons. The van der Waals surface area contributed by atoms with Gasteiger partial charge in [0.25, 0.3) is 0 Å². The quantitative estimate of drug-likeness (QED) is 0.196. The van der Waals surface area contributed by atoms with Gasteiger partial charge in [0, 0.05) is 35.0 Å². The van der Waals surface area contributed by atoms with Gasteiger partial charge in [-0.25, -0.2) is 4.98 Å². The van der Waals surface area contributed by atoms with Gasteiger partial charge >= 0.3 is 0 Å². The van der Waals surface area contributed by atoms with Gasteiger partial charge in [-0.15, -0.1) is 0 Å². The Labute approximate surface area is 211 Å². The van der Waals surface area contributed by atoms with Gasteiger partial charge < -0.3 is 5.32 Å². The van der Waals surface area contributed by atoms with Crippen molar-refractivity contribution in [1.29, 1.82) is 0 Å². The Balaban J connectivity index is 1.39. The highest BCUT2D eigenvalue weighted by molar-refractivity contribution is 7.99. The second-order valence-electron chi connectivity index (χ2n) is 8.97. The van der Waals surface area contributed by atoms with Crippen molar-refractivity contribution in [1.82, 2.24) is 14.9 Å². The van der Waals surface area contributed by atoms with E-state index in [0.29, 0.717) is 0 Å². The van der Waals surface area contributed by atoms with E-state index in [1.165, 1.54) is 6.42 Å². The Bertz CT molecular complexity index is 1230. The molecule has 0 aliphatic heterocycles. The average molecular weight is 482 g/mol. The number of benzene rings is 3. The Kier molecular flexibility index (Phi) is 7.64. The molecule has 0 atom stereocenters. The van der Waals surface area contributed by atoms with Crippen LogP contribution in [0.3, 0.4) is 0 Å². The Morgan fingerprint density at radius 3 is 2.11 bits per heavy atom. The number of amides is 1. The summed E-state index contributed by atoms with van der Waals surface area (Å²) in [6.45, 7) is 0.757. The monoisotopic (exact) mass is 481 g/mol. The number of nitrogens with one attached hydrogen (secondary N) is 1. The number of aromatic nitrogens is 2. The molecule has 1 aromatic heterocycles. The minimum Gasteiger partial charge on any atom is -0.356 e. The molecule has 3 aromatic carbocycles. The highest BCUT2D eigenvalue weighted by Gasteiger charge is 2.24. The van der Waals surface area contributed by atoms with Gasteiger partial charge in [-0.3, -0.25) is 9.36 Å². The first-order valence-electron chi connectivity index (χ1n) is 12.5. The molecule has 1 N–H and O–H groups in total. The van der Waals surface area contributed by atoms with Crippen molar-refractivity contribution in [3.8, 4) is 28.2 Å². The third kappa shape index (κ3) is 5.51. The number of nitrogens with zero attached hydrogens (tertiary/aromatic N) is 2. The minimum absolute atomic E-state index is 0.239. The maximum Gasteiger partial charge on any atom is 0.223 e. The van der Waals surface area contributed by atoms with Crippen LogP contribution in [-0.2, 0) is 4.79 Å². The van der Waals surface area contributed by atoms with E-state index in [-0.39, 0.29) is 11.8 Å². The van der Waals surface area contributed by atoms with E-state index in [0.717, 1.165) is 71.3 Å². The summed E-state index contributed by atoms with van der Waals surface area (Å²) in [7, 11) is 0. The smallest absolute Gasteiger partial charge is 0.223 e. The van der Waals surface area contributed by atoms with Crippen molar-refractivity contribution in [2.75, 3.05) is 12.3 Å². The summed E-state index contributed by atoms with van der Waals surface area (Å²) in [5.74, 6) is 1.45. The zero-order valence-electron chi connectivity index (χ0n) is 19.9. The molecule has 1 aliphatic carbocycles. The number of imidazole rings is 1. The molecule has 1 saturated carbocycles. The molecule has 1 fully saturated rings. The summed E-state index contributed by atoms with van der Waals surface area (Å²) in [6.07, 6.45) is 5.31. The lowest BCUT2D eigenvalue weighted by Gasteiger charge is -2.23. The van der Waals surface area contributed by atoms with Gasteiger partial charge in [0.05, 0.1) is 11.4 Å². The van der Waals surface area contributed by atoms with Gasteiger partial charge in [-0.05, 0) is 37.8 Å². The van der Waals surface area contributed by atoms with Gasteiger partial charge in [0.1, 0.15) is 0 Å². The zero-order chi connectivity index (χ0) is 23.9. The third-order valence-electron chi connectivity index (χ3n) is 6.53. The Morgan fingerprint density at radius 1 is 0.857 bits per heavy atom. The number of carbonyl (C=O) groups excluding carboxylic acids is 1. The second kappa shape index (κ2) is 11.4. The van der Waals surface area contributed by atoms with Crippen molar-refractivity contribution in [3.63, 3.8) is 0 Å². The van der Waals surface area contributed by atoms with Crippen LogP contribution in [0, 0.1) is 5.92 Å². The lowest BCUT2D eigenvalue weighted by atomic mass is 9.85. The van der Waals surface area contributed by atoms with Crippen LogP contribution in [-0.4, -0.2) is 27.8 Å². The summed E-state index contributed by atoms with van der Waals surface area (Å²) < 4.78 is 2.29. The van der Waals surface area contributed by atoms with Gasteiger partial charge in [-0.1, -0.05) is 97.0 Å². The van der Waals surface area contributed by atoms with Gasteiger partial charge in [0.2, 0.25) is 5.91 Å². The molecule has 1 amide bonds. The van der Waals surface area contributed by atoms with E-state index < -0.39 is 0 Å². The van der Waals surface area contributed by atoms with E-state index in [2.05, 4.69) is 82.7 Å². The van der Waals surface area contributed by atoms with Crippen molar-refractivity contribution in [2.24, 2.45) is 5.92 Å². The van der Waals surface area contributed by atoms with Crippen molar-refractivity contribution in [3.05, 3.63) is 91.0 Å². The van der Waals surface area contributed by atoms with Crippen LogP contribution in [0.1, 0.15) is 32.1 Å². The molecule has 0 saturated heterocycles. The van der Waals surface area contributed by atoms with Crippen molar-refractivity contribution in [2.45, 2.75) is 37.3 Å². The summed E-state index contributed by atoms with van der Waals surface area (Å²) in [5.41, 5.74) is 5.47. The third-order valence-corrected chi connectivity index (χ3v) is 7.56. The molecule has 4 nitrogen and oxygen atoms in total. The molecular weight excluding hydrogens is 450 g/mol. The SMILES string of the molecule is O=C(NCCCCSc1nc(-c2ccccc2)c(-c2ccccc2)n1-c1ccccc1)C1CCC1. The van der Waals surface area contributed by atoms with Crippen LogP contribution >= 0.6 is 11.8 Å². The molecule has 0 unspecified atom stereocenters. The summed E-state index contributed by atoms with van der Waals surface area (Å²) in [5, 5.41) is 4.10. The van der Waals surface area contributed by atoms with Crippen molar-refractivity contribution >= 4 is 17.7 Å². The fourth-order valence-electron chi connectivity index (χ4n) is 4.39. The van der Waals surface area contributed by atoms with E-state index in [4.69, 9.17) is 4.98 Å². The number of rotatable bonds is 10. The number of carbonyl (C=O) groups is 1. The van der Waals surface area contributed by atoms with E-state index in [1.807, 2.05) is 18.2 Å². The molecule has 0 spiro atoms. The van der Waals surface area contributed by atoms with Crippen LogP contribution < -0.4 is 5.32 Å². The first-order valence-corrected chi connectivity index (χ1v) is 13.5. The molecule has 1 heterocycles. The lowest BCUT2D eigenvalue weighted by Crippen LogP contribution is -2.34. The van der Waals surface area contributed by atoms with Crippen LogP contribution in [0.2, 0.25) is 0 Å². The highest BCUT2D eigenvalue weighted by atomic mass is 32.2. The fourth-order valence-corrected chi connectivity index (χ4v) is 5.40. The molecular formula is C30H31N3OS. The number of thioether (sulfide) groups is 1. The lowest BCUT2D eigenvalue weighted by molar-refractivity contribution is -0.127. The Morgan fingerprint density at radius 2 is 1.49 bits per heavy atom. The second-order valence-corrected chi connectivity index (χ2v) is 10.0. The summed E-state index contributed by atoms with van der Waals surface area (Å²) >= 11 is 1.79. The molecule has 4 aromatic rings. The van der Waals surface area contributed by atoms with Crippen LogP contribution in [0.5, 0.6) is 0 Å².